The van der Waals surface area contributed by atoms with Crippen molar-refractivity contribution in [1.29, 1.82) is 0 Å². The Labute approximate surface area is 208 Å². The third-order valence-electron chi connectivity index (χ3n) is 5.82. The van der Waals surface area contributed by atoms with Gasteiger partial charge in [-0.15, -0.1) is 0 Å². The van der Waals surface area contributed by atoms with E-state index in [1.54, 1.807) is 24.3 Å². The Morgan fingerprint density at radius 2 is 1.89 bits per heavy atom. The molecule has 1 aliphatic rings. The minimum Gasteiger partial charge on any atom is -0.481 e. The monoisotopic (exact) mass is 497 g/mol. The molecule has 1 aromatic carbocycles. The predicted molar refractivity (Wildman–Crippen MR) is 135 cm³/mol. The number of amides is 2. The highest BCUT2D eigenvalue weighted by molar-refractivity contribution is 5.97. The van der Waals surface area contributed by atoms with Gasteiger partial charge < -0.3 is 26.5 Å². The first-order valence-corrected chi connectivity index (χ1v) is 12.1. The summed E-state index contributed by atoms with van der Waals surface area (Å²) in [6.45, 7) is 1.43. The number of aliphatic carboxylic acids is 1. The minimum atomic E-state index is -0.828. The molecule has 0 radical (unpaired) electrons. The molecule has 1 aliphatic heterocycles. The van der Waals surface area contributed by atoms with Crippen LogP contribution in [0.1, 0.15) is 60.3 Å². The molecular weight excluding hydrogens is 465 g/mol. The molecule has 2 aromatic heterocycles. The fourth-order valence-corrected chi connectivity index (χ4v) is 3.93. The average Bonchev–Trinajstić information content (AvgIpc) is 3.21. The fraction of sp³-hybridized carbons (Fsp3) is 0.385. The number of nitrogens with two attached hydrogens (primary N) is 1. The smallest absolute Gasteiger partial charge is 0.303 e. The average molecular weight is 498 g/mol. The van der Waals surface area contributed by atoms with Crippen molar-refractivity contribution >= 4 is 34.5 Å². The van der Waals surface area contributed by atoms with Gasteiger partial charge in [0.05, 0.1) is 0 Å². The van der Waals surface area contributed by atoms with E-state index in [4.69, 9.17) is 10.8 Å². The number of primary amides is 1. The van der Waals surface area contributed by atoms with Crippen molar-refractivity contribution in [1.82, 2.24) is 15.3 Å². The van der Waals surface area contributed by atoms with Crippen LogP contribution in [0.3, 0.4) is 0 Å². The van der Waals surface area contributed by atoms with Crippen LogP contribution in [0.5, 0.6) is 0 Å². The molecule has 0 aliphatic carbocycles. The molecule has 3 heterocycles. The third kappa shape index (κ3) is 7.79. The van der Waals surface area contributed by atoms with Gasteiger partial charge >= 0.3 is 5.97 Å². The number of benzene rings is 1. The number of anilines is 1. The zero-order valence-corrected chi connectivity index (χ0v) is 20.1. The summed E-state index contributed by atoms with van der Waals surface area (Å²) < 4.78 is 13.3. The number of aromatic nitrogens is 2. The number of carboxylic acid groups (broad SMARTS) is 1. The maximum atomic E-state index is 13.3. The second-order valence-electron chi connectivity index (χ2n) is 8.62. The Kier molecular flexibility index (Phi) is 9.79. The number of hydrogen-bond acceptors (Lipinski definition) is 5. The van der Waals surface area contributed by atoms with Crippen molar-refractivity contribution in [3.8, 4) is 0 Å². The van der Waals surface area contributed by atoms with Crippen LogP contribution in [0.25, 0.3) is 10.9 Å². The normalized spacial score (nSPS) is 12.1. The Morgan fingerprint density at radius 1 is 1.08 bits per heavy atom. The molecule has 0 saturated heterocycles. The van der Waals surface area contributed by atoms with Gasteiger partial charge in [0.15, 0.2) is 5.82 Å². The van der Waals surface area contributed by atoms with E-state index in [9.17, 15) is 18.8 Å². The molecule has 6 N–H and O–H groups in total. The molecule has 9 nitrogen and oxygen atoms in total. The van der Waals surface area contributed by atoms with Gasteiger partial charge in [-0.1, -0.05) is 18.2 Å². The molecule has 0 fully saturated rings. The number of nitrogens with one attached hydrogen (secondary N) is 3. The largest absolute Gasteiger partial charge is 0.481 e. The number of unbranched alkanes of at least 4 members (excludes halogenated alkanes) is 1. The number of H-pyrrole nitrogens is 1. The van der Waals surface area contributed by atoms with E-state index in [0.29, 0.717) is 30.3 Å². The lowest BCUT2D eigenvalue weighted by atomic mass is 10.1. The van der Waals surface area contributed by atoms with Crippen molar-refractivity contribution in [2.45, 2.75) is 51.4 Å². The molecule has 0 spiro atoms. The summed E-state index contributed by atoms with van der Waals surface area (Å²) in [6, 6.07) is 11.0. The summed E-state index contributed by atoms with van der Waals surface area (Å²) in [5.74, 6) is -1.18. The molecule has 36 heavy (non-hydrogen) atoms. The van der Waals surface area contributed by atoms with Crippen LogP contribution < -0.4 is 16.4 Å². The molecule has 0 unspecified atom stereocenters. The standard InChI is InChI=1S/C17H25N3O3.C9H7FN2O/c21-15(18-11-4-8-16(22)23)7-2-1-6-14-10-9-13-5-3-12-19-17(13)20-14;10-7-5-3-1-2-4-6(5)12-8(7)9(11)13/h9-10H,1-8,11-12H2,(H,18,21)(H,19,20)(H,22,23);1-4,12H,(H2,11,13). The van der Waals surface area contributed by atoms with E-state index in [1.165, 1.54) is 5.56 Å². The number of rotatable bonds is 10. The zero-order chi connectivity index (χ0) is 25.9. The molecular formula is C26H32FN5O4. The first-order valence-electron chi connectivity index (χ1n) is 12.1. The van der Waals surface area contributed by atoms with Crippen molar-refractivity contribution in [3.05, 3.63) is 59.2 Å². The van der Waals surface area contributed by atoms with Crippen LogP contribution in [0.4, 0.5) is 10.2 Å². The number of carboxylic acids is 1. The van der Waals surface area contributed by atoms with Gasteiger partial charge in [-0.2, -0.15) is 0 Å². The molecule has 0 atom stereocenters. The van der Waals surface area contributed by atoms with Gasteiger partial charge in [0.1, 0.15) is 11.5 Å². The van der Waals surface area contributed by atoms with E-state index in [0.717, 1.165) is 50.2 Å². The van der Waals surface area contributed by atoms with Crippen molar-refractivity contribution < 1.29 is 23.9 Å². The minimum absolute atomic E-state index is 0.00421. The van der Waals surface area contributed by atoms with Crippen LogP contribution in [-0.2, 0) is 22.4 Å². The van der Waals surface area contributed by atoms with Gasteiger partial charge in [-0.05, 0) is 62.3 Å². The second kappa shape index (κ2) is 13.2. The van der Waals surface area contributed by atoms with Gasteiger partial charge in [0.25, 0.3) is 5.91 Å². The Balaban J connectivity index is 0.000000233. The van der Waals surface area contributed by atoms with Gasteiger partial charge in [0.2, 0.25) is 5.91 Å². The molecule has 4 rings (SSSR count). The van der Waals surface area contributed by atoms with Gasteiger partial charge in [0, 0.05) is 42.5 Å². The zero-order valence-electron chi connectivity index (χ0n) is 20.1. The van der Waals surface area contributed by atoms with E-state index >= 15 is 0 Å². The van der Waals surface area contributed by atoms with E-state index in [2.05, 4.69) is 32.7 Å². The van der Waals surface area contributed by atoms with E-state index < -0.39 is 17.7 Å². The molecule has 2 amide bonds. The van der Waals surface area contributed by atoms with Crippen LogP contribution in [0.2, 0.25) is 0 Å². The summed E-state index contributed by atoms with van der Waals surface area (Å²) >= 11 is 0. The Morgan fingerprint density at radius 3 is 2.64 bits per heavy atom. The number of carbonyl (C=O) groups excluding carboxylic acids is 2. The highest BCUT2D eigenvalue weighted by Crippen LogP contribution is 2.21. The van der Waals surface area contributed by atoms with Crippen LogP contribution in [-0.4, -0.2) is 45.9 Å². The lowest BCUT2D eigenvalue weighted by Crippen LogP contribution is -2.24. The first kappa shape index (κ1) is 26.7. The first-order chi connectivity index (χ1) is 17.3. The summed E-state index contributed by atoms with van der Waals surface area (Å²) in [5, 5.41) is 15.0. The quantitative estimate of drug-likeness (QED) is 0.270. The lowest BCUT2D eigenvalue weighted by Gasteiger charge is -2.17. The topological polar surface area (TPSA) is 150 Å². The number of aromatic amines is 1. The van der Waals surface area contributed by atoms with Crippen molar-refractivity contribution in [2.24, 2.45) is 5.73 Å². The van der Waals surface area contributed by atoms with E-state index in [1.807, 2.05) is 0 Å². The number of halogens is 1. The van der Waals surface area contributed by atoms with Crippen LogP contribution >= 0.6 is 0 Å². The Bertz CT molecular complexity index is 1210. The van der Waals surface area contributed by atoms with Crippen molar-refractivity contribution in [3.63, 3.8) is 0 Å². The number of aryl methyl sites for hydroxylation is 2. The lowest BCUT2D eigenvalue weighted by molar-refractivity contribution is -0.137. The van der Waals surface area contributed by atoms with Crippen LogP contribution in [0, 0.1) is 5.82 Å². The maximum Gasteiger partial charge on any atom is 0.303 e. The van der Waals surface area contributed by atoms with Crippen molar-refractivity contribution in [2.75, 3.05) is 18.4 Å². The van der Waals surface area contributed by atoms with Gasteiger partial charge in [-0.25, -0.2) is 9.37 Å². The molecule has 10 heteroatoms. The third-order valence-corrected chi connectivity index (χ3v) is 5.82. The second-order valence-corrected chi connectivity index (χ2v) is 8.62. The summed E-state index contributed by atoms with van der Waals surface area (Å²) in [6.07, 6.45) is 5.93. The molecule has 0 saturated carbocycles. The number of pyridine rings is 1. The highest BCUT2D eigenvalue weighted by Gasteiger charge is 2.14. The van der Waals surface area contributed by atoms with Gasteiger partial charge in [-0.3, -0.25) is 14.4 Å². The number of hydrogen-bond donors (Lipinski definition) is 5. The predicted octanol–water partition coefficient (Wildman–Crippen LogP) is 3.54. The van der Waals surface area contributed by atoms with E-state index in [-0.39, 0.29) is 18.0 Å². The Hall–Kier alpha value is -3.95. The number of para-hydroxylation sites is 1. The number of carbonyl (C=O) groups is 3. The number of nitrogens with zero attached hydrogens (tertiary/aromatic N) is 1. The maximum absolute atomic E-state index is 13.3. The summed E-state index contributed by atoms with van der Waals surface area (Å²) in [4.78, 5) is 40.0. The number of fused-ring (bicyclic) bond motifs is 2. The summed E-state index contributed by atoms with van der Waals surface area (Å²) in [7, 11) is 0. The molecule has 3 aromatic rings. The highest BCUT2D eigenvalue weighted by atomic mass is 19.1. The SMILES string of the molecule is NC(=O)c1[nH]c2ccccc2c1F.O=C(O)CCCNC(=O)CCCCc1ccc2c(n1)NCCC2. The van der Waals surface area contributed by atoms with Crippen LogP contribution in [0.15, 0.2) is 36.4 Å². The molecule has 0 bridgehead atoms. The summed E-state index contributed by atoms with van der Waals surface area (Å²) in [5.41, 5.74) is 7.74. The molecule has 192 valence electrons. The fourth-order valence-electron chi connectivity index (χ4n) is 3.93.